The lowest BCUT2D eigenvalue weighted by Crippen LogP contribution is -2.54. The van der Waals surface area contributed by atoms with Crippen molar-refractivity contribution in [2.45, 2.75) is 37.6 Å². The van der Waals surface area contributed by atoms with E-state index in [1.807, 2.05) is 0 Å². The SMILES string of the molecule is C[C@H]1O[C@@H](n2cnc3c(N)ncnc32)[C@H](O)[C@@H](O)[C@@H]1O. The van der Waals surface area contributed by atoms with Crippen LogP contribution in [-0.4, -0.2) is 59.3 Å². The van der Waals surface area contributed by atoms with E-state index in [1.165, 1.54) is 17.2 Å². The second kappa shape index (κ2) is 4.63. The molecular weight excluding hydrogens is 266 g/mol. The highest BCUT2D eigenvalue weighted by Gasteiger charge is 2.43. The zero-order valence-electron chi connectivity index (χ0n) is 10.7. The number of rotatable bonds is 1. The molecule has 1 aliphatic heterocycles. The van der Waals surface area contributed by atoms with Gasteiger partial charge in [-0.25, -0.2) is 15.0 Å². The van der Waals surface area contributed by atoms with Crippen LogP contribution in [0.1, 0.15) is 13.2 Å². The quantitative estimate of drug-likeness (QED) is 0.490. The van der Waals surface area contributed by atoms with E-state index in [1.54, 1.807) is 6.92 Å². The van der Waals surface area contributed by atoms with Crippen LogP contribution in [0.4, 0.5) is 5.82 Å². The molecule has 0 aliphatic carbocycles. The minimum absolute atomic E-state index is 0.215. The smallest absolute Gasteiger partial charge is 0.167 e. The third-order valence-corrected chi connectivity index (χ3v) is 3.49. The topological polar surface area (TPSA) is 140 Å². The van der Waals surface area contributed by atoms with E-state index < -0.39 is 30.6 Å². The molecule has 1 aliphatic rings. The zero-order chi connectivity index (χ0) is 14.4. The van der Waals surface area contributed by atoms with Gasteiger partial charge in [0, 0.05) is 0 Å². The minimum atomic E-state index is -1.32. The van der Waals surface area contributed by atoms with Crippen LogP contribution in [0.2, 0.25) is 0 Å². The summed E-state index contributed by atoms with van der Waals surface area (Å²) in [6.07, 6.45) is -2.66. The highest BCUT2D eigenvalue weighted by atomic mass is 16.5. The van der Waals surface area contributed by atoms with Gasteiger partial charge in [-0.05, 0) is 6.92 Å². The number of imidazole rings is 1. The van der Waals surface area contributed by atoms with Crippen LogP contribution in [0, 0.1) is 0 Å². The van der Waals surface area contributed by atoms with Gasteiger partial charge in [0.1, 0.15) is 30.2 Å². The molecule has 5 N–H and O–H groups in total. The lowest BCUT2D eigenvalue weighted by molar-refractivity contribution is -0.239. The maximum atomic E-state index is 10.1. The first-order chi connectivity index (χ1) is 9.50. The molecule has 0 saturated carbocycles. The van der Waals surface area contributed by atoms with E-state index in [0.717, 1.165) is 0 Å². The molecule has 9 heteroatoms. The molecule has 2 aromatic heterocycles. The molecule has 3 rings (SSSR count). The summed E-state index contributed by atoms with van der Waals surface area (Å²) in [4.78, 5) is 12.0. The van der Waals surface area contributed by atoms with Crippen LogP contribution in [0.15, 0.2) is 12.7 Å². The Hall–Kier alpha value is -1.81. The van der Waals surface area contributed by atoms with E-state index >= 15 is 0 Å². The van der Waals surface area contributed by atoms with Gasteiger partial charge >= 0.3 is 0 Å². The monoisotopic (exact) mass is 281 g/mol. The summed E-state index contributed by atoms with van der Waals surface area (Å²) in [5.41, 5.74) is 6.46. The Morgan fingerprint density at radius 1 is 1.15 bits per heavy atom. The molecule has 108 valence electrons. The average molecular weight is 281 g/mol. The minimum Gasteiger partial charge on any atom is -0.388 e. The molecular formula is C11H15N5O4. The number of hydrogen-bond acceptors (Lipinski definition) is 8. The normalized spacial score (nSPS) is 34.5. The maximum absolute atomic E-state index is 10.1. The van der Waals surface area contributed by atoms with Gasteiger partial charge in [0.15, 0.2) is 17.7 Å². The number of ether oxygens (including phenoxy) is 1. The third-order valence-electron chi connectivity index (χ3n) is 3.49. The van der Waals surface area contributed by atoms with Crippen molar-refractivity contribution < 1.29 is 20.1 Å². The number of aromatic nitrogens is 4. The van der Waals surface area contributed by atoms with Gasteiger partial charge in [0.2, 0.25) is 0 Å². The number of aliphatic hydroxyl groups is 3. The lowest BCUT2D eigenvalue weighted by Gasteiger charge is -2.39. The molecule has 2 aromatic rings. The number of anilines is 1. The number of nitrogen functional groups attached to an aromatic ring is 1. The van der Waals surface area contributed by atoms with Gasteiger partial charge in [-0.2, -0.15) is 0 Å². The van der Waals surface area contributed by atoms with Crippen molar-refractivity contribution in [3.8, 4) is 0 Å². The predicted molar refractivity (Wildman–Crippen MR) is 67.3 cm³/mol. The number of fused-ring (bicyclic) bond motifs is 1. The van der Waals surface area contributed by atoms with Crippen molar-refractivity contribution in [1.82, 2.24) is 19.5 Å². The average Bonchev–Trinajstić information content (AvgIpc) is 2.86. The van der Waals surface area contributed by atoms with Gasteiger partial charge in [-0.15, -0.1) is 0 Å². The van der Waals surface area contributed by atoms with Crippen LogP contribution in [0.3, 0.4) is 0 Å². The first-order valence-electron chi connectivity index (χ1n) is 6.13. The molecule has 0 radical (unpaired) electrons. The fourth-order valence-electron chi connectivity index (χ4n) is 2.32. The van der Waals surface area contributed by atoms with E-state index in [9.17, 15) is 15.3 Å². The van der Waals surface area contributed by atoms with Gasteiger partial charge in [-0.1, -0.05) is 0 Å². The number of nitrogens with two attached hydrogens (primary N) is 1. The molecule has 1 saturated heterocycles. The lowest BCUT2D eigenvalue weighted by atomic mass is 9.99. The Labute approximate surface area is 113 Å². The molecule has 20 heavy (non-hydrogen) atoms. The van der Waals surface area contributed by atoms with Crippen LogP contribution in [0.5, 0.6) is 0 Å². The Bertz CT molecular complexity index is 632. The van der Waals surface area contributed by atoms with Gasteiger partial charge in [0.25, 0.3) is 0 Å². The van der Waals surface area contributed by atoms with Gasteiger partial charge < -0.3 is 25.8 Å². The molecule has 0 aromatic carbocycles. The Morgan fingerprint density at radius 2 is 1.90 bits per heavy atom. The third kappa shape index (κ3) is 1.83. The zero-order valence-corrected chi connectivity index (χ0v) is 10.7. The van der Waals surface area contributed by atoms with Crippen molar-refractivity contribution in [1.29, 1.82) is 0 Å². The molecule has 0 unspecified atom stereocenters. The fraction of sp³-hybridized carbons (Fsp3) is 0.545. The van der Waals surface area contributed by atoms with Crippen molar-refractivity contribution in [2.75, 3.05) is 5.73 Å². The van der Waals surface area contributed by atoms with E-state index in [0.29, 0.717) is 11.2 Å². The van der Waals surface area contributed by atoms with Gasteiger partial charge in [0.05, 0.1) is 12.4 Å². The van der Waals surface area contributed by atoms with Gasteiger partial charge in [-0.3, -0.25) is 4.57 Å². The largest absolute Gasteiger partial charge is 0.388 e. The molecule has 0 spiro atoms. The highest BCUT2D eigenvalue weighted by molar-refractivity contribution is 5.81. The summed E-state index contributed by atoms with van der Waals surface area (Å²) in [5, 5.41) is 29.6. The summed E-state index contributed by atoms with van der Waals surface area (Å²) in [6, 6.07) is 0. The highest BCUT2D eigenvalue weighted by Crippen LogP contribution is 2.30. The second-order valence-corrected chi connectivity index (χ2v) is 4.79. The summed E-state index contributed by atoms with van der Waals surface area (Å²) < 4.78 is 7.00. The molecule has 0 bridgehead atoms. The fourth-order valence-corrected chi connectivity index (χ4v) is 2.32. The van der Waals surface area contributed by atoms with E-state index in [-0.39, 0.29) is 5.82 Å². The maximum Gasteiger partial charge on any atom is 0.167 e. The Kier molecular flexibility index (Phi) is 3.05. The first-order valence-corrected chi connectivity index (χ1v) is 6.13. The van der Waals surface area contributed by atoms with Crippen molar-refractivity contribution >= 4 is 17.0 Å². The van der Waals surface area contributed by atoms with Crippen LogP contribution < -0.4 is 5.73 Å². The van der Waals surface area contributed by atoms with Crippen LogP contribution in [-0.2, 0) is 4.74 Å². The van der Waals surface area contributed by atoms with Crippen molar-refractivity contribution in [3.63, 3.8) is 0 Å². The molecule has 0 amide bonds. The number of hydrogen-bond donors (Lipinski definition) is 4. The summed E-state index contributed by atoms with van der Waals surface area (Å²) in [6.45, 7) is 1.61. The van der Waals surface area contributed by atoms with E-state index in [2.05, 4.69) is 15.0 Å². The predicted octanol–water partition coefficient (Wildman–Crippen LogP) is -1.59. The number of aliphatic hydroxyl groups excluding tert-OH is 3. The molecule has 3 heterocycles. The molecule has 9 nitrogen and oxygen atoms in total. The standard InChI is InChI=1S/C11H15N5O4/c1-4-6(17)7(18)8(19)11(20-4)16-3-15-5-9(12)13-2-14-10(5)16/h2-4,6-8,11,17-19H,1H3,(H2,12,13,14)/t4-,6-,7+,8-,11-/m1/s1. The Morgan fingerprint density at radius 3 is 2.65 bits per heavy atom. The van der Waals surface area contributed by atoms with Crippen LogP contribution in [0.25, 0.3) is 11.2 Å². The van der Waals surface area contributed by atoms with Crippen LogP contribution >= 0.6 is 0 Å². The Balaban J connectivity index is 2.04. The molecule has 5 atom stereocenters. The first kappa shape index (κ1) is 13.2. The van der Waals surface area contributed by atoms with Crippen molar-refractivity contribution in [3.05, 3.63) is 12.7 Å². The second-order valence-electron chi connectivity index (χ2n) is 4.79. The molecule has 1 fully saturated rings. The van der Waals surface area contributed by atoms with E-state index in [4.69, 9.17) is 10.5 Å². The summed E-state index contributed by atoms with van der Waals surface area (Å²) in [5.74, 6) is 0.215. The van der Waals surface area contributed by atoms with Crippen molar-refractivity contribution in [2.24, 2.45) is 0 Å². The summed E-state index contributed by atoms with van der Waals surface area (Å²) in [7, 11) is 0. The number of nitrogens with zero attached hydrogens (tertiary/aromatic N) is 4. The summed E-state index contributed by atoms with van der Waals surface area (Å²) >= 11 is 0.